The average Bonchev–Trinajstić information content (AvgIpc) is 3.44. The summed E-state index contributed by atoms with van der Waals surface area (Å²) in [4.78, 5) is 1.05. The molecule has 8 nitrogen and oxygen atoms in total. The fourth-order valence-corrected chi connectivity index (χ4v) is 7.47. The van der Waals surface area contributed by atoms with Gasteiger partial charge in [0.15, 0.2) is 0 Å². The minimum atomic E-state index is -3.53. The van der Waals surface area contributed by atoms with Crippen molar-refractivity contribution in [2.45, 2.75) is 130 Å². The SMILES string of the molecule is CC.CC.CC.CC.CC.CC.CC.COc1cc[c-]cc1.COc1ccc(Oc2ccc(S(=O)(=O)c3ccc(C)cc3)cc2)cc1.Cc1ccc(S(=O)(=O)c2ccc(Oc3cc[c-]cc3)cc2)cc1.[Y]. The Morgan fingerprint density at radius 2 is 0.479 bits per heavy atom. The van der Waals surface area contributed by atoms with E-state index in [1.807, 2.05) is 135 Å². The Morgan fingerprint density at radius 3 is 0.718 bits per heavy atom. The Balaban J connectivity index is -0.000000448. The monoisotopic (exact) mass is 1080 g/mol. The number of ether oxygens (including phenoxy) is 4. The number of rotatable bonds is 10. The van der Waals surface area contributed by atoms with Gasteiger partial charge < -0.3 is 18.9 Å². The molecule has 71 heavy (non-hydrogen) atoms. The summed E-state index contributed by atoms with van der Waals surface area (Å²) in [6.45, 7) is 31.8. The molecule has 0 heterocycles. The summed E-state index contributed by atoms with van der Waals surface area (Å²) in [5.74, 6) is 4.09. The molecule has 0 amide bonds. The molecule has 0 aliphatic rings. The number of benzene rings is 7. The number of methoxy groups -OCH3 is 2. The summed E-state index contributed by atoms with van der Waals surface area (Å²) >= 11 is 0. The minimum absolute atomic E-state index is 0. The van der Waals surface area contributed by atoms with Gasteiger partial charge in [0.2, 0.25) is 19.7 Å². The normalized spacial score (nSPS) is 9.10. The molecule has 0 aliphatic carbocycles. The standard InChI is InChI=1S/C20H18O4S.C19H15O3S.C7H7O.7C2H6.Y/c1-15-3-11-19(12-4-15)25(21,22)20-13-9-18(10-14-20)24-17-7-5-16(23-2)6-8-17;1-15-7-11-18(12-8-15)23(20,21)19-13-9-17(10-14-19)22-16-5-3-2-4-6-16;1-8-7-5-3-2-4-6-7;7*1-2;/h3-14H,1-2H3;3-14H,1H3;3-6H,1H3;7*1-2H3;/q;2*-1;;;;;;;;. The molecule has 0 spiro atoms. The van der Waals surface area contributed by atoms with Crippen molar-refractivity contribution in [3.63, 3.8) is 0 Å². The molecular formula is C60H82O8S2Y-2. The summed E-state index contributed by atoms with van der Waals surface area (Å²) in [6, 6.07) is 53.8. The molecule has 1 radical (unpaired) electrons. The Kier molecular flexibility index (Phi) is 45.5. The summed E-state index contributed by atoms with van der Waals surface area (Å²) in [5.41, 5.74) is 2.04. The number of hydrogen-bond donors (Lipinski definition) is 0. The molecule has 11 heteroatoms. The van der Waals surface area contributed by atoms with E-state index < -0.39 is 19.7 Å². The molecule has 0 aromatic heterocycles. The topological polar surface area (TPSA) is 105 Å². The van der Waals surface area contributed by atoms with Crippen molar-refractivity contribution in [2.24, 2.45) is 0 Å². The fourth-order valence-electron chi connectivity index (χ4n) is 4.94. The molecule has 0 fully saturated rings. The van der Waals surface area contributed by atoms with Gasteiger partial charge >= 0.3 is 0 Å². The first kappa shape index (κ1) is 72.3. The van der Waals surface area contributed by atoms with E-state index in [9.17, 15) is 16.8 Å². The third-order valence-corrected chi connectivity index (χ3v) is 11.6. The van der Waals surface area contributed by atoms with Crippen molar-refractivity contribution in [3.05, 3.63) is 193 Å². The largest absolute Gasteiger partial charge is 0.522 e. The summed E-state index contributed by atoms with van der Waals surface area (Å²) in [7, 11) is -3.78. The second-order valence-corrected chi connectivity index (χ2v) is 16.0. The summed E-state index contributed by atoms with van der Waals surface area (Å²) in [6.07, 6.45) is 0. The van der Waals surface area contributed by atoms with E-state index in [1.165, 1.54) is 0 Å². The van der Waals surface area contributed by atoms with Crippen LogP contribution in [0, 0.1) is 26.0 Å². The second-order valence-electron chi connectivity index (χ2n) is 12.1. The Bertz CT molecular complexity index is 2480. The molecule has 7 aromatic rings. The van der Waals surface area contributed by atoms with E-state index in [1.54, 1.807) is 160 Å². The van der Waals surface area contributed by atoms with Crippen LogP contribution in [0.1, 0.15) is 108 Å². The van der Waals surface area contributed by atoms with E-state index in [2.05, 4.69) is 12.1 Å². The van der Waals surface area contributed by atoms with Crippen LogP contribution in [-0.2, 0) is 52.4 Å². The van der Waals surface area contributed by atoms with E-state index in [0.717, 1.165) is 22.6 Å². The number of sulfone groups is 2. The van der Waals surface area contributed by atoms with Gasteiger partial charge in [0.25, 0.3) is 0 Å². The van der Waals surface area contributed by atoms with Crippen molar-refractivity contribution in [2.75, 3.05) is 14.2 Å². The van der Waals surface area contributed by atoms with Crippen LogP contribution in [0.4, 0.5) is 0 Å². The van der Waals surface area contributed by atoms with Crippen molar-refractivity contribution in [1.29, 1.82) is 0 Å². The second kappa shape index (κ2) is 44.7. The third-order valence-electron chi connectivity index (χ3n) is 8.07. The van der Waals surface area contributed by atoms with E-state index >= 15 is 0 Å². The molecule has 0 saturated carbocycles. The van der Waals surface area contributed by atoms with Gasteiger partial charge in [0, 0.05) is 44.2 Å². The molecular weight excluding hydrogens is 1000 g/mol. The van der Waals surface area contributed by atoms with Gasteiger partial charge in [0.05, 0.1) is 33.8 Å². The zero-order chi connectivity index (χ0) is 54.0. The smallest absolute Gasteiger partial charge is 0.206 e. The first-order chi connectivity index (χ1) is 34.0. The average molecular weight is 1080 g/mol. The maximum absolute atomic E-state index is 12.6. The van der Waals surface area contributed by atoms with Crippen molar-refractivity contribution in [1.82, 2.24) is 0 Å². The molecule has 0 bridgehead atoms. The summed E-state index contributed by atoms with van der Waals surface area (Å²) < 4.78 is 71.8. The van der Waals surface area contributed by atoms with Gasteiger partial charge in [0.1, 0.15) is 23.0 Å². The molecule has 0 atom stereocenters. The van der Waals surface area contributed by atoms with Gasteiger partial charge in [-0.05, 0) is 111 Å². The molecule has 0 N–H and O–H groups in total. The van der Waals surface area contributed by atoms with Crippen molar-refractivity contribution < 1.29 is 68.5 Å². The van der Waals surface area contributed by atoms with E-state index in [0.29, 0.717) is 23.0 Å². The molecule has 387 valence electrons. The van der Waals surface area contributed by atoms with Crippen LogP contribution >= 0.6 is 0 Å². The number of hydrogen-bond acceptors (Lipinski definition) is 8. The molecule has 7 aromatic carbocycles. The predicted octanol–water partition coefficient (Wildman–Crippen LogP) is 17.7. The van der Waals surface area contributed by atoms with Crippen molar-refractivity contribution in [3.8, 4) is 34.5 Å². The third kappa shape index (κ3) is 27.2. The van der Waals surface area contributed by atoms with Crippen LogP contribution < -0.4 is 18.9 Å². The van der Waals surface area contributed by atoms with Gasteiger partial charge in [-0.25, -0.2) is 16.8 Å². The maximum Gasteiger partial charge on any atom is 0.206 e. The van der Waals surface area contributed by atoms with Crippen LogP contribution in [0.3, 0.4) is 0 Å². The van der Waals surface area contributed by atoms with Gasteiger partial charge in [-0.1, -0.05) is 132 Å². The van der Waals surface area contributed by atoms with E-state index in [-0.39, 0.29) is 52.3 Å². The van der Waals surface area contributed by atoms with Crippen LogP contribution in [0.25, 0.3) is 0 Å². The van der Waals surface area contributed by atoms with Crippen LogP contribution in [0.5, 0.6) is 34.5 Å². The zero-order valence-corrected chi connectivity index (χ0v) is 50.3. The molecule has 0 saturated heterocycles. The molecule has 7 rings (SSSR count). The predicted molar refractivity (Wildman–Crippen MR) is 296 cm³/mol. The van der Waals surface area contributed by atoms with Gasteiger partial charge in [-0.3, -0.25) is 0 Å². The fraction of sp³-hybridized carbons (Fsp3) is 0.300. The first-order valence-corrected chi connectivity index (χ1v) is 27.2. The number of aryl methyl sites for hydroxylation is 2. The van der Waals surface area contributed by atoms with Crippen LogP contribution in [0.15, 0.2) is 189 Å². The summed E-state index contributed by atoms with van der Waals surface area (Å²) in [5, 5.41) is 0. The Hall–Kier alpha value is -5.26. The van der Waals surface area contributed by atoms with Crippen LogP contribution in [0.2, 0.25) is 0 Å². The first-order valence-electron chi connectivity index (χ1n) is 24.3. The van der Waals surface area contributed by atoms with Gasteiger partial charge in [-0.2, -0.15) is 36.4 Å². The van der Waals surface area contributed by atoms with E-state index in [4.69, 9.17) is 18.9 Å². The molecule has 0 unspecified atom stereocenters. The Labute approximate surface area is 456 Å². The van der Waals surface area contributed by atoms with Crippen LogP contribution in [-0.4, -0.2) is 31.1 Å². The Morgan fingerprint density at radius 1 is 0.296 bits per heavy atom. The molecule has 0 aliphatic heterocycles. The van der Waals surface area contributed by atoms with Crippen molar-refractivity contribution >= 4 is 19.7 Å². The zero-order valence-electron chi connectivity index (χ0n) is 45.8. The minimum Gasteiger partial charge on any atom is -0.522 e. The van der Waals surface area contributed by atoms with Gasteiger partial charge in [-0.15, -0.1) is 24.3 Å². The maximum atomic E-state index is 12.6. The quantitative estimate of drug-likeness (QED) is 0.125.